The Bertz CT molecular complexity index is 206. The quantitative estimate of drug-likeness (QED) is 0.695. The highest BCUT2D eigenvalue weighted by atomic mass is 28.4. The van der Waals surface area contributed by atoms with Crippen LogP contribution in [0.25, 0.3) is 0 Å². The Kier molecular flexibility index (Phi) is 4.41. The molecule has 94 valence electrons. The molecule has 2 saturated carbocycles. The summed E-state index contributed by atoms with van der Waals surface area (Å²) in [5.74, 6) is 0. The molecule has 0 aromatic heterocycles. The summed E-state index contributed by atoms with van der Waals surface area (Å²) in [6.07, 6.45) is 10.4. The second-order valence-electron chi connectivity index (χ2n) is 5.02. The van der Waals surface area contributed by atoms with Gasteiger partial charge in [0.05, 0.1) is 0 Å². The topological polar surface area (TPSA) is 27.7 Å². The summed E-state index contributed by atoms with van der Waals surface area (Å²) in [5, 5.41) is 0. The molecule has 0 aliphatic heterocycles. The first-order chi connectivity index (χ1) is 7.80. The van der Waals surface area contributed by atoms with Crippen LogP contribution in [0.5, 0.6) is 0 Å². The van der Waals surface area contributed by atoms with E-state index in [0.29, 0.717) is 11.6 Å². The molecule has 4 heteroatoms. The third-order valence-electron chi connectivity index (χ3n) is 4.06. The third-order valence-corrected chi connectivity index (χ3v) is 7.43. The molecule has 3 nitrogen and oxygen atoms in total. The molecule has 16 heavy (non-hydrogen) atoms. The van der Waals surface area contributed by atoms with Gasteiger partial charge in [-0.25, -0.2) is 0 Å². The predicted octanol–water partition coefficient (Wildman–Crippen LogP) is 3.12. The largest absolute Gasteiger partial charge is 0.503 e. The van der Waals surface area contributed by atoms with Crippen LogP contribution in [0.15, 0.2) is 0 Å². The molecular weight excluding hydrogens is 220 g/mol. The Hall–Kier alpha value is 0.0969. The van der Waals surface area contributed by atoms with Crippen LogP contribution in [0, 0.1) is 0 Å². The monoisotopic (exact) mass is 244 g/mol. The van der Waals surface area contributed by atoms with Crippen LogP contribution >= 0.6 is 0 Å². The average molecular weight is 244 g/mol. The fourth-order valence-electron chi connectivity index (χ4n) is 3.13. The molecule has 0 radical (unpaired) electrons. The molecule has 0 atom stereocenters. The second kappa shape index (κ2) is 5.62. The minimum absolute atomic E-state index is 0.396. The van der Waals surface area contributed by atoms with Crippen LogP contribution in [-0.2, 0) is 13.3 Å². The smallest absolute Gasteiger partial charge is 0.377 e. The van der Waals surface area contributed by atoms with E-state index in [0.717, 1.165) is 0 Å². The number of hydrogen-bond acceptors (Lipinski definition) is 3. The molecule has 0 heterocycles. The van der Waals surface area contributed by atoms with Crippen molar-refractivity contribution in [2.24, 2.45) is 0 Å². The Morgan fingerprint density at radius 2 is 1.31 bits per heavy atom. The molecule has 0 bridgehead atoms. The zero-order valence-electron chi connectivity index (χ0n) is 10.5. The summed E-state index contributed by atoms with van der Waals surface area (Å²) in [5.41, 5.74) is 0.545. The summed E-state index contributed by atoms with van der Waals surface area (Å²) < 4.78 is 17.7. The third kappa shape index (κ3) is 2.50. The highest BCUT2D eigenvalue weighted by molar-refractivity contribution is 6.62. The zero-order chi connectivity index (χ0) is 11.4. The van der Waals surface area contributed by atoms with Crippen molar-refractivity contribution in [3.63, 3.8) is 0 Å². The van der Waals surface area contributed by atoms with Gasteiger partial charge in [0.2, 0.25) is 0 Å². The maximum absolute atomic E-state index is 6.28. The van der Waals surface area contributed by atoms with Crippen molar-refractivity contribution in [1.29, 1.82) is 0 Å². The average Bonchev–Trinajstić information content (AvgIpc) is 2.99. The van der Waals surface area contributed by atoms with E-state index in [1.165, 1.54) is 51.4 Å². The van der Waals surface area contributed by atoms with E-state index < -0.39 is 8.80 Å². The molecule has 2 fully saturated rings. The lowest BCUT2D eigenvalue weighted by Crippen LogP contribution is -2.50. The Morgan fingerprint density at radius 3 is 1.81 bits per heavy atom. The zero-order valence-corrected chi connectivity index (χ0v) is 11.5. The van der Waals surface area contributed by atoms with E-state index in [1.54, 1.807) is 14.2 Å². The summed E-state index contributed by atoms with van der Waals surface area (Å²) in [6, 6.07) is 0. The van der Waals surface area contributed by atoms with Crippen molar-refractivity contribution in [3.8, 4) is 0 Å². The fourth-order valence-corrected chi connectivity index (χ4v) is 6.16. The molecule has 2 aliphatic carbocycles. The van der Waals surface area contributed by atoms with E-state index in [1.807, 2.05) is 0 Å². The van der Waals surface area contributed by atoms with Crippen LogP contribution in [-0.4, -0.2) is 29.1 Å². The molecule has 0 N–H and O–H groups in total. The van der Waals surface area contributed by atoms with Crippen LogP contribution < -0.4 is 0 Å². The summed E-state index contributed by atoms with van der Waals surface area (Å²) in [6.45, 7) is 0. The minimum Gasteiger partial charge on any atom is -0.377 e. The van der Waals surface area contributed by atoms with Crippen LogP contribution in [0.4, 0.5) is 0 Å². The summed E-state index contributed by atoms with van der Waals surface area (Å²) in [4.78, 5) is 0. The standard InChI is InChI=1S/C12H24O3Si/c1-13-16(14-2,12-9-5-6-10-12)15-11-7-3-4-8-11/h11-12H,3-10H2,1-2H3. The van der Waals surface area contributed by atoms with Gasteiger partial charge in [-0.15, -0.1) is 0 Å². The van der Waals surface area contributed by atoms with Gasteiger partial charge >= 0.3 is 8.80 Å². The van der Waals surface area contributed by atoms with Crippen molar-refractivity contribution >= 4 is 8.80 Å². The first kappa shape index (κ1) is 12.6. The highest BCUT2D eigenvalue weighted by Crippen LogP contribution is 2.41. The van der Waals surface area contributed by atoms with E-state index in [4.69, 9.17) is 13.3 Å². The normalized spacial score (nSPS) is 24.4. The molecule has 2 rings (SSSR count). The van der Waals surface area contributed by atoms with Gasteiger partial charge < -0.3 is 13.3 Å². The van der Waals surface area contributed by atoms with Gasteiger partial charge in [-0.05, 0) is 25.7 Å². The van der Waals surface area contributed by atoms with Gasteiger partial charge in [0.15, 0.2) is 0 Å². The first-order valence-electron chi connectivity index (χ1n) is 6.59. The lowest BCUT2D eigenvalue weighted by Gasteiger charge is -2.34. The van der Waals surface area contributed by atoms with E-state index >= 15 is 0 Å². The van der Waals surface area contributed by atoms with Crippen molar-refractivity contribution in [1.82, 2.24) is 0 Å². The Morgan fingerprint density at radius 1 is 0.812 bits per heavy atom. The molecule has 2 aliphatic rings. The second-order valence-corrected chi connectivity index (χ2v) is 8.09. The lowest BCUT2D eigenvalue weighted by atomic mass is 10.3. The highest BCUT2D eigenvalue weighted by Gasteiger charge is 2.50. The SMILES string of the molecule is CO[Si](OC)(OC1CCCC1)C1CCCC1. The minimum atomic E-state index is -2.38. The predicted molar refractivity (Wildman–Crippen MR) is 65.3 cm³/mol. The van der Waals surface area contributed by atoms with Crippen molar-refractivity contribution < 1.29 is 13.3 Å². The maximum Gasteiger partial charge on any atom is 0.503 e. The van der Waals surface area contributed by atoms with Gasteiger partial charge in [0.1, 0.15) is 0 Å². The maximum atomic E-state index is 6.28. The summed E-state index contributed by atoms with van der Waals surface area (Å²) in [7, 11) is 1.16. The van der Waals surface area contributed by atoms with Crippen LogP contribution in [0.3, 0.4) is 0 Å². The van der Waals surface area contributed by atoms with Gasteiger partial charge in [-0.2, -0.15) is 0 Å². The van der Waals surface area contributed by atoms with Crippen molar-refractivity contribution in [2.45, 2.75) is 63.0 Å². The van der Waals surface area contributed by atoms with Gasteiger partial charge in [-0.3, -0.25) is 0 Å². The molecular formula is C12H24O3Si. The molecule has 0 aromatic carbocycles. The van der Waals surface area contributed by atoms with Gasteiger partial charge in [0, 0.05) is 25.9 Å². The van der Waals surface area contributed by atoms with E-state index in [-0.39, 0.29) is 0 Å². The van der Waals surface area contributed by atoms with Crippen molar-refractivity contribution in [3.05, 3.63) is 0 Å². The molecule has 0 saturated heterocycles. The summed E-state index contributed by atoms with van der Waals surface area (Å²) >= 11 is 0. The van der Waals surface area contributed by atoms with E-state index in [2.05, 4.69) is 0 Å². The molecule has 0 aromatic rings. The van der Waals surface area contributed by atoms with Crippen molar-refractivity contribution in [2.75, 3.05) is 14.2 Å². The van der Waals surface area contributed by atoms with Gasteiger partial charge in [-0.1, -0.05) is 25.7 Å². The Labute approximate surface area is 99.8 Å². The van der Waals surface area contributed by atoms with Gasteiger partial charge in [0.25, 0.3) is 0 Å². The lowest BCUT2D eigenvalue weighted by molar-refractivity contribution is 0.0489. The Balaban J connectivity index is 2.00. The molecule has 0 spiro atoms. The van der Waals surface area contributed by atoms with Crippen LogP contribution in [0.1, 0.15) is 51.4 Å². The fraction of sp³-hybridized carbons (Fsp3) is 1.00. The van der Waals surface area contributed by atoms with E-state index in [9.17, 15) is 0 Å². The first-order valence-corrected chi connectivity index (χ1v) is 8.39. The number of hydrogen-bond donors (Lipinski definition) is 0. The molecule has 0 unspecified atom stereocenters. The van der Waals surface area contributed by atoms with Crippen LogP contribution in [0.2, 0.25) is 5.54 Å². The number of rotatable bonds is 5. The molecule has 0 amide bonds.